The quantitative estimate of drug-likeness (QED) is 0.506. The number of carbonyl (C=O) groups excluding carboxylic acids is 3. The molecule has 1 saturated heterocycles. The summed E-state index contributed by atoms with van der Waals surface area (Å²) in [5, 5.41) is 0. The molecule has 6 heteroatoms. The summed E-state index contributed by atoms with van der Waals surface area (Å²) in [4.78, 5) is 33.9. The van der Waals surface area contributed by atoms with Crippen LogP contribution in [0.3, 0.4) is 0 Å². The predicted octanol–water partition coefficient (Wildman–Crippen LogP) is 0.188. The van der Waals surface area contributed by atoms with Gasteiger partial charge < -0.3 is 14.2 Å². The fraction of sp³-hybridized carbons (Fsp3) is 0.700. The number of hydrogen-bond acceptors (Lipinski definition) is 6. The van der Waals surface area contributed by atoms with Gasteiger partial charge in [0.15, 0.2) is 0 Å². The minimum Gasteiger partial charge on any atom is -0.469 e. The van der Waals surface area contributed by atoms with Gasteiger partial charge in [-0.3, -0.25) is 9.59 Å². The lowest BCUT2D eigenvalue weighted by atomic mass is 9.96. The summed E-state index contributed by atoms with van der Waals surface area (Å²) < 4.78 is 14.2. The van der Waals surface area contributed by atoms with Gasteiger partial charge in [-0.1, -0.05) is 0 Å². The van der Waals surface area contributed by atoms with Gasteiger partial charge in [0.1, 0.15) is 0 Å². The molecular weight excluding hydrogens is 216 g/mol. The number of esters is 3. The number of carbonyl (C=O) groups is 3. The van der Waals surface area contributed by atoms with Crippen LogP contribution in [0.1, 0.15) is 26.2 Å². The fourth-order valence-electron chi connectivity index (χ4n) is 1.53. The van der Waals surface area contributed by atoms with Gasteiger partial charge in [-0.25, -0.2) is 4.79 Å². The first kappa shape index (κ1) is 12.5. The van der Waals surface area contributed by atoms with E-state index in [0.29, 0.717) is 0 Å². The Morgan fingerprint density at radius 1 is 1.50 bits per heavy atom. The predicted molar refractivity (Wildman–Crippen MR) is 51.3 cm³/mol. The average Bonchev–Trinajstić information content (AvgIpc) is 2.61. The Hall–Kier alpha value is -1.59. The van der Waals surface area contributed by atoms with Gasteiger partial charge in [0.05, 0.1) is 20.1 Å². The number of cyclic esters (lactones) is 1. The normalized spacial score (nSPS) is 23.8. The maximum Gasteiger partial charge on any atom is 0.351 e. The molecule has 0 aliphatic carbocycles. The molecule has 16 heavy (non-hydrogen) atoms. The van der Waals surface area contributed by atoms with E-state index in [4.69, 9.17) is 9.47 Å². The molecule has 1 atom stereocenters. The molecule has 0 spiro atoms. The van der Waals surface area contributed by atoms with Crippen LogP contribution in [-0.2, 0) is 28.6 Å². The first-order valence-electron chi connectivity index (χ1n) is 5.00. The van der Waals surface area contributed by atoms with Crippen LogP contribution < -0.4 is 0 Å². The van der Waals surface area contributed by atoms with Gasteiger partial charge in [-0.05, 0) is 6.92 Å². The van der Waals surface area contributed by atoms with Crippen molar-refractivity contribution in [3.8, 4) is 0 Å². The molecule has 90 valence electrons. The minimum atomic E-state index is -1.49. The molecule has 1 aliphatic rings. The first-order chi connectivity index (χ1) is 7.54. The van der Waals surface area contributed by atoms with Gasteiger partial charge in [0, 0.05) is 12.8 Å². The molecule has 1 aliphatic heterocycles. The molecule has 1 fully saturated rings. The minimum absolute atomic E-state index is 0.107. The van der Waals surface area contributed by atoms with Gasteiger partial charge in [-0.2, -0.15) is 0 Å². The Labute approximate surface area is 92.8 Å². The Morgan fingerprint density at radius 3 is 2.62 bits per heavy atom. The SMILES string of the molecule is CCOC(=O)[C@]1(CC(=O)OC)CCC(=O)O1. The monoisotopic (exact) mass is 230 g/mol. The summed E-state index contributed by atoms with van der Waals surface area (Å²) in [6, 6.07) is 0. The second kappa shape index (κ2) is 4.96. The zero-order valence-electron chi connectivity index (χ0n) is 9.28. The molecule has 0 aromatic rings. The second-order valence-electron chi connectivity index (χ2n) is 3.44. The lowest BCUT2D eigenvalue weighted by molar-refractivity contribution is -0.178. The third kappa shape index (κ3) is 2.50. The van der Waals surface area contributed by atoms with E-state index in [1.807, 2.05) is 0 Å². The van der Waals surface area contributed by atoms with Gasteiger partial charge in [-0.15, -0.1) is 0 Å². The Balaban J connectivity index is 2.81. The number of hydrogen-bond donors (Lipinski definition) is 0. The van der Waals surface area contributed by atoms with Crippen molar-refractivity contribution in [1.29, 1.82) is 0 Å². The van der Waals surface area contributed by atoms with Crippen LogP contribution in [0.25, 0.3) is 0 Å². The molecule has 0 N–H and O–H groups in total. The number of methoxy groups -OCH3 is 1. The van der Waals surface area contributed by atoms with Crippen molar-refractivity contribution >= 4 is 17.9 Å². The lowest BCUT2D eigenvalue weighted by Crippen LogP contribution is -2.42. The van der Waals surface area contributed by atoms with Crippen LogP contribution in [0.15, 0.2) is 0 Å². The summed E-state index contributed by atoms with van der Waals surface area (Å²) in [7, 11) is 1.21. The highest BCUT2D eigenvalue weighted by Crippen LogP contribution is 2.31. The Kier molecular flexibility index (Phi) is 3.87. The molecule has 0 saturated carbocycles. The van der Waals surface area contributed by atoms with Gasteiger partial charge >= 0.3 is 17.9 Å². The zero-order valence-corrected chi connectivity index (χ0v) is 9.28. The highest BCUT2D eigenvalue weighted by molar-refractivity contribution is 5.91. The standard InChI is InChI=1S/C10H14O6/c1-3-15-9(13)10(6-8(12)14-2)5-4-7(11)16-10/h3-6H2,1-2H3/t10-/m1/s1. The zero-order chi connectivity index (χ0) is 12.2. The van der Waals surface area contributed by atoms with Crippen molar-refractivity contribution in [3.63, 3.8) is 0 Å². The largest absolute Gasteiger partial charge is 0.469 e. The molecule has 0 aromatic heterocycles. The Bertz CT molecular complexity index is 310. The van der Waals surface area contributed by atoms with E-state index in [-0.39, 0.29) is 25.9 Å². The fourth-order valence-corrected chi connectivity index (χ4v) is 1.53. The molecule has 0 radical (unpaired) electrons. The highest BCUT2D eigenvalue weighted by atomic mass is 16.6. The van der Waals surface area contributed by atoms with E-state index in [0.717, 1.165) is 0 Å². The summed E-state index contributed by atoms with van der Waals surface area (Å²) in [5.41, 5.74) is -1.49. The summed E-state index contributed by atoms with van der Waals surface area (Å²) >= 11 is 0. The molecule has 0 unspecified atom stereocenters. The molecule has 0 bridgehead atoms. The van der Waals surface area contributed by atoms with Crippen LogP contribution in [0.2, 0.25) is 0 Å². The van der Waals surface area contributed by atoms with E-state index >= 15 is 0 Å². The topological polar surface area (TPSA) is 78.9 Å². The van der Waals surface area contributed by atoms with Crippen LogP contribution in [-0.4, -0.2) is 37.2 Å². The maximum absolute atomic E-state index is 11.7. The number of rotatable bonds is 4. The molecule has 1 rings (SSSR count). The van der Waals surface area contributed by atoms with Crippen LogP contribution in [0, 0.1) is 0 Å². The first-order valence-corrected chi connectivity index (χ1v) is 5.00. The molecule has 6 nitrogen and oxygen atoms in total. The summed E-state index contributed by atoms with van der Waals surface area (Å²) in [6.45, 7) is 1.81. The van der Waals surface area contributed by atoms with E-state index in [9.17, 15) is 14.4 Å². The maximum atomic E-state index is 11.7. The number of ether oxygens (including phenoxy) is 3. The van der Waals surface area contributed by atoms with Gasteiger partial charge in [0.2, 0.25) is 5.60 Å². The van der Waals surface area contributed by atoms with Crippen LogP contribution in [0.5, 0.6) is 0 Å². The van der Waals surface area contributed by atoms with E-state index < -0.39 is 23.5 Å². The Morgan fingerprint density at radius 2 is 2.19 bits per heavy atom. The van der Waals surface area contributed by atoms with Crippen molar-refractivity contribution in [2.24, 2.45) is 0 Å². The van der Waals surface area contributed by atoms with E-state index in [1.54, 1.807) is 6.92 Å². The highest BCUT2D eigenvalue weighted by Gasteiger charge is 2.50. The average molecular weight is 230 g/mol. The lowest BCUT2D eigenvalue weighted by Gasteiger charge is -2.23. The third-order valence-electron chi connectivity index (χ3n) is 2.35. The van der Waals surface area contributed by atoms with Crippen molar-refractivity contribution in [3.05, 3.63) is 0 Å². The van der Waals surface area contributed by atoms with Crippen LogP contribution >= 0.6 is 0 Å². The summed E-state index contributed by atoms with van der Waals surface area (Å²) in [5.74, 6) is -1.80. The van der Waals surface area contributed by atoms with Crippen molar-refractivity contribution in [2.75, 3.05) is 13.7 Å². The van der Waals surface area contributed by atoms with Crippen molar-refractivity contribution in [1.82, 2.24) is 0 Å². The molecular formula is C10H14O6. The molecule has 0 amide bonds. The summed E-state index contributed by atoms with van der Waals surface area (Å²) in [6.07, 6.45) is -0.0380. The second-order valence-corrected chi connectivity index (χ2v) is 3.44. The smallest absolute Gasteiger partial charge is 0.351 e. The van der Waals surface area contributed by atoms with Crippen LogP contribution in [0.4, 0.5) is 0 Å². The molecule has 0 aromatic carbocycles. The van der Waals surface area contributed by atoms with Crippen molar-refractivity contribution in [2.45, 2.75) is 31.8 Å². The van der Waals surface area contributed by atoms with E-state index in [1.165, 1.54) is 7.11 Å². The van der Waals surface area contributed by atoms with Gasteiger partial charge in [0.25, 0.3) is 0 Å². The van der Waals surface area contributed by atoms with Crippen molar-refractivity contribution < 1.29 is 28.6 Å². The third-order valence-corrected chi connectivity index (χ3v) is 2.35. The van der Waals surface area contributed by atoms with E-state index in [2.05, 4.69) is 4.74 Å². The molecule has 1 heterocycles.